The number of hydrogen-bond acceptors (Lipinski definition) is 5. The molecule has 0 spiro atoms. The van der Waals surface area contributed by atoms with Gasteiger partial charge in [0.05, 0.1) is 11.6 Å². The third-order valence-corrected chi connectivity index (χ3v) is 4.93. The number of aromatic nitrogens is 2. The van der Waals surface area contributed by atoms with Crippen LogP contribution in [0.4, 0.5) is 11.8 Å². The number of fused-ring (bicyclic) bond motifs is 2. The maximum absolute atomic E-state index is 10.1. The zero-order chi connectivity index (χ0) is 14.4. The Morgan fingerprint density at radius 3 is 2.86 bits per heavy atom. The summed E-state index contributed by atoms with van der Waals surface area (Å²) in [5.74, 6) is 2.65. The van der Waals surface area contributed by atoms with Gasteiger partial charge in [-0.05, 0) is 30.9 Å². The Bertz CT molecular complexity index is 674. The van der Waals surface area contributed by atoms with Gasteiger partial charge in [-0.1, -0.05) is 12.1 Å². The summed E-state index contributed by atoms with van der Waals surface area (Å²) in [4.78, 5) is 11.5. The van der Waals surface area contributed by atoms with Crippen molar-refractivity contribution in [2.75, 3.05) is 30.4 Å². The third-order valence-electron chi connectivity index (χ3n) is 4.93. The second-order valence-corrected chi connectivity index (χ2v) is 6.11. The summed E-state index contributed by atoms with van der Waals surface area (Å²) in [6, 6.07) is 8.13. The summed E-state index contributed by atoms with van der Waals surface area (Å²) in [5, 5.41) is 14.2. The molecule has 2 N–H and O–H groups in total. The molecule has 1 aromatic carbocycles. The number of rotatable bonds is 2. The summed E-state index contributed by atoms with van der Waals surface area (Å²) in [6.45, 7) is 1.89. The highest BCUT2D eigenvalue weighted by molar-refractivity contribution is 5.90. The van der Waals surface area contributed by atoms with Gasteiger partial charge in [-0.3, -0.25) is 0 Å². The largest absolute Gasteiger partial charge is 0.393 e. The molecule has 2 aliphatic rings. The molecule has 1 aliphatic heterocycles. The highest BCUT2D eigenvalue weighted by Crippen LogP contribution is 2.40. The highest BCUT2D eigenvalue weighted by atomic mass is 16.3. The van der Waals surface area contributed by atoms with Gasteiger partial charge in [0.15, 0.2) is 0 Å². The van der Waals surface area contributed by atoms with Gasteiger partial charge in [-0.2, -0.15) is 4.98 Å². The first-order chi connectivity index (χ1) is 10.3. The summed E-state index contributed by atoms with van der Waals surface area (Å²) in [7, 11) is 1.84. The average Bonchev–Trinajstić information content (AvgIpc) is 3.08. The lowest BCUT2D eigenvalue weighted by Crippen LogP contribution is -2.25. The van der Waals surface area contributed by atoms with Crippen LogP contribution in [0.1, 0.15) is 12.8 Å². The van der Waals surface area contributed by atoms with E-state index in [0.717, 1.165) is 42.7 Å². The van der Waals surface area contributed by atoms with E-state index in [9.17, 15) is 5.11 Å². The number of aliphatic hydroxyl groups excluding tert-OH is 1. The van der Waals surface area contributed by atoms with E-state index in [1.807, 2.05) is 25.2 Å². The van der Waals surface area contributed by atoms with E-state index in [4.69, 9.17) is 0 Å². The van der Waals surface area contributed by atoms with Gasteiger partial charge in [0.25, 0.3) is 0 Å². The molecule has 0 amide bonds. The molecular weight excluding hydrogens is 264 g/mol. The molecule has 5 heteroatoms. The fourth-order valence-corrected chi connectivity index (χ4v) is 3.82. The number of para-hydroxylation sites is 1. The molecule has 1 aliphatic carbocycles. The number of anilines is 2. The van der Waals surface area contributed by atoms with Crippen molar-refractivity contribution in [2.45, 2.75) is 18.9 Å². The fraction of sp³-hybridized carbons (Fsp3) is 0.500. The van der Waals surface area contributed by atoms with Crippen LogP contribution in [-0.4, -0.2) is 41.3 Å². The van der Waals surface area contributed by atoms with Crippen LogP contribution in [0.3, 0.4) is 0 Å². The molecule has 3 atom stereocenters. The van der Waals surface area contributed by atoms with Gasteiger partial charge in [0.1, 0.15) is 5.82 Å². The maximum Gasteiger partial charge on any atom is 0.224 e. The van der Waals surface area contributed by atoms with E-state index in [1.165, 1.54) is 0 Å². The lowest BCUT2D eigenvalue weighted by Gasteiger charge is -2.21. The van der Waals surface area contributed by atoms with Crippen molar-refractivity contribution in [3.63, 3.8) is 0 Å². The van der Waals surface area contributed by atoms with Crippen molar-refractivity contribution in [2.24, 2.45) is 11.8 Å². The van der Waals surface area contributed by atoms with Gasteiger partial charge in [-0.25, -0.2) is 4.98 Å². The Hall–Kier alpha value is -1.88. The SMILES string of the molecule is CNc1nc(N2CC3CCC(O)C3C2)c2ccccc2n1. The normalized spacial score (nSPS) is 28.1. The summed E-state index contributed by atoms with van der Waals surface area (Å²) in [5.41, 5.74) is 0.962. The number of nitrogens with one attached hydrogen (secondary N) is 1. The van der Waals surface area contributed by atoms with E-state index in [2.05, 4.69) is 26.3 Å². The van der Waals surface area contributed by atoms with Crippen LogP contribution >= 0.6 is 0 Å². The molecule has 3 unspecified atom stereocenters. The standard InChI is InChI=1S/C16H20N4O/c1-17-16-18-13-5-3-2-4-11(13)15(19-16)20-8-10-6-7-14(21)12(10)9-20/h2-5,10,12,14,21H,6-9H2,1H3,(H,17,18,19). The van der Waals surface area contributed by atoms with Gasteiger partial charge in [0, 0.05) is 31.4 Å². The van der Waals surface area contributed by atoms with Crippen LogP contribution in [0, 0.1) is 11.8 Å². The first-order valence-electron chi connectivity index (χ1n) is 7.64. The molecular formula is C16H20N4O. The Kier molecular flexibility index (Phi) is 2.96. The smallest absolute Gasteiger partial charge is 0.224 e. The molecule has 110 valence electrons. The van der Waals surface area contributed by atoms with Crippen LogP contribution in [0.25, 0.3) is 10.9 Å². The summed E-state index contributed by atoms with van der Waals surface area (Å²) >= 11 is 0. The van der Waals surface area contributed by atoms with Crippen molar-refractivity contribution in [1.82, 2.24) is 9.97 Å². The molecule has 1 saturated carbocycles. The molecule has 21 heavy (non-hydrogen) atoms. The molecule has 0 bridgehead atoms. The molecule has 2 fully saturated rings. The zero-order valence-corrected chi connectivity index (χ0v) is 12.2. The van der Waals surface area contributed by atoms with Crippen molar-refractivity contribution < 1.29 is 5.11 Å². The molecule has 4 rings (SSSR count). The molecule has 0 radical (unpaired) electrons. The zero-order valence-electron chi connectivity index (χ0n) is 12.2. The molecule has 2 aromatic rings. The van der Waals surface area contributed by atoms with Crippen LogP contribution in [0.5, 0.6) is 0 Å². The van der Waals surface area contributed by atoms with Crippen LogP contribution in [0.2, 0.25) is 0 Å². The molecule has 1 saturated heterocycles. The predicted molar refractivity (Wildman–Crippen MR) is 83.5 cm³/mol. The first-order valence-corrected chi connectivity index (χ1v) is 7.64. The van der Waals surface area contributed by atoms with Crippen LogP contribution in [-0.2, 0) is 0 Å². The maximum atomic E-state index is 10.1. The second-order valence-electron chi connectivity index (χ2n) is 6.11. The Morgan fingerprint density at radius 2 is 2.05 bits per heavy atom. The topological polar surface area (TPSA) is 61.3 Å². The minimum atomic E-state index is -0.142. The first kappa shape index (κ1) is 12.8. The minimum absolute atomic E-state index is 0.142. The van der Waals surface area contributed by atoms with E-state index >= 15 is 0 Å². The Balaban J connectivity index is 1.76. The lowest BCUT2D eigenvalue weighted by molar-refractivity contribution is 0.133. The van der Waals surface area contributed by atoms with E-state index < -0.39 is 0 Å². The number of hydrogen-bond donors (Lipinski definition) is 2. The molecule has 5 nitrogen and oxygen atoms in total. The Labute approximate surface area is 124 Å². The highest BCUT2D eigenvalue weighted by Gasteiger charge is 2.42. The average molecular weight is 284 g/mol. The van der Waals surface area contributed by atoms with Crippen LogP contribution in [0.15, 0.2) is 24.3 Å². The van der Waals surface area contributed by atoms with E-state index in [1.54, 1.807) is 0 Å². The van der Waals surface area contributed by atoms with Crippen molar-refractivity contribution >= 4 is 22.7 Å². The molecule has 2 heterocycles. The fourth-order valence-electron chi connectivity index (χ4n) is 3.82. The molecule has 1 aromatic heterocycles. The monoisotopic (exact) mass is 284 g/mol. The van der Waals surface area contributed by atoms with Crippen molar-refractivity contribution in [3.05, 3.63) is 24.3 Å². The van der Waals surface area contributed by atoms with Crippen LogP contribution < -0.4 is 10.2 Å². The van der Waals surface area contributed by atoms with Crippen molar-refractivity contribution in [1.29, 1.82) is 0 Å². The van der Waals surface area contributed by atoms with E-state index in [0.29, 0.717) is 17.8 Å². The quantitative estimate of drug-likeness (QED) is 0.881. The van der Waals surface area contributed by atoms with Gasteiger partial charge < -0.3 is 15.3 Å². The van der Waals surface area contributed by atoms with Gasteiger partial charge >= 0.3 is 0 Å². The third kappa shape index (κ3) is 2.03. The summed E-state index contributed by atoms with van der Waals surface area (Å²) in [6.07, 6.45) is 1.94. The van der Waals surface area contributed by atoms with Gasteiger partial charge in [0.2, 0.25) is 5.95 Å². The number of benzene rings is 1. The van der Waals surface area contributed by atoms with Gasteiger partial charge in [-0.15, -0.1) is 0 Å². The minimum Gasteiger partial charge on any atom is -0.393 e. The number of aliphatic hydroxyl groups is 1. The van der Waals surface area contributed by atoms with Crippen molar-refractivity contribution in [3.8, 4) is 0 Å². The Morgan fingerprint density at radius 1 is 1.19 bits per heavy atom. The predicted octanol–water partition coefficient (Wildman–Crippen LogP) is 1.88. The second kappa shape index (κ2) is 4.84. The summed E-state index contributed by atoms with van der Waals surface area (Å²) < 4.78 is 0. The van der Waals surface area contributed by atoms with E-state index in [-0.39, 0.29) is 6.10 Å². The number of nitrogens with zero attached hydrogens (tertiary/aromatic N) is 3. The lowest BCUT2D eigenvalue weighted by atomic mass is 10.00.